The van der Waals surface area contributed by atoms with Crippen LogP contribution in [0.1, 0.15) is 53.5 Å². The third-order valence-corrected chi connectivity index (χ3v) is 6.92. The number of carbonyl (C=O) groups is 1. The van der Waals surface area contributed by atoms with Crippen LogP contribution in [0.4, 0.5) is 11.5 Å². The van der Waals surface area contributed by atoms with Crippen molar-refractivity contribution in [2.45, 2.75) is 37.6 Å². The molecule has 35 heavy (non-hydrogen) atoms. The fourth-order valence-electron chi connectivity index (χ4n) is 4.59. The molecular weight excluding hydrogens is 460 g/mol. The summed E-state index contributed by atoms with van der Waals surface area (Å²) >= 11 is 6.09. The molecule has 0 radical (unpaired) electrons. The van der Waals surface area contributed by atoms with E-state index in [9.17, 15) is 10.1 Å². The first-order valence-corrected chi connectivity index (χ1v) is 12.1. The summed E-state index contributed by atoms with van der Waals surface area (Å²) in [5.41, 5.74) is 5.24. The van der Waals surface area contributed by atoms with Crippen molar-refractivity contribution in [2.75, 3.05) is 10.6 Å². The van der Waals surface area contributed by atoms with Gasteiger partial charge in [-0.25, -0.2) is 9.97 Å². The van der Waals surface area contributed by atoms with Gasteiger partial charge in [-0.15, -0.1) is 0 Å². The van der Waals surface area contributed by atoms with Crippen LogP contribution in [0.2, 0.25) is 5.02 Å². The maximum atomic E-state index is 12.7. The summed E-state index contributed by atoms with van der Waals surface area (Å²) in [6.07, 6.45) is 8.88. The van der Waals surface area contributed by atoms with Gasteiger partial charge >= 0.3 is 0 Å². The molecule has 8 heteroatoms. The summed E-state index contributed by atoms with van der Waals surface area (Å²) in [7, 11) is 0. The molecule has 7 nitrogen and oxygen atoms in total. The van der Waals surface area contributed by atoms with E-state index in [1.807, 2.05) is 53.1 Å². The fraction of sp³-hybridized carbons (Fsp3) is 0.259. The van der Waals surface area contributed by atoms with E-state index in [0.29, 0.717) is 34.5 Å². The van der Waals surface area contributed by atoms with Crippen molar-refractivity contribution in [2.24, 2.45) is 5.92 Å². The molecule has 2 aliphatic rings. The van der Waals surface area contributed by atoms with Crippen molar-refractivity contribution in [3.63, 3.8) is 0 Å². The van der Waals surface area contributed by atoms with Gasteiger partial charge in [0.1, 0.15) is 11.9 Å². The normalized spacial score (nSPS) is 18.7. The van der Waals surface area contributed by atoms with Gasteiger partial charge in [-0.2, -0.15) is 5.26 Å². The number of anilines is 2. The molecule has 2 aliphatic carbocycles. The average molecular weight is 483 g/mol. The van der Waals surface area contributed by atoms with Crippen molar-refractivity contribution in [1.29, 1.82) is 5.26 Å². The zero-order chi connectivity index (χ0) is 23.9. The molecule has 0 aliphatic heterocycles. The van der Waals surface area contributed by atoms with Crippen LogP contribution in [-0.4, -0.2) is 20.3 Å². The van der Waals surface area contributed by atoms with Crippen LogP contribution in [0.25, 0.3) is 5.65 Å². The van der Waals surface area contributed by atoms with E-state index in [0.717, 1.165) is 23.4 Å². The van der Waals surface area contributed by atoms with E-state index in [2.05, 4.69) is 32.9 Å². The summed E-state index contributed by atoms with van der Waals surface area (Å²) in [6, 6.07) is 15.6. The number of halogens is 1. The molecule has 0 saturated heterocycles. The topological polar surface area (TPSA) is 95.1 Å². The minimum absolute atomic E-state index is 0.0320. The SMILES string of the molecule is N#Cc1cc(C2CC2)cn2cc(CNc3ccnc(NC(=O)[C@@H]4C[C@H]4c4cccc(Cl)c4)c3)nc12. The van der Waals surface area contributed by atoms with E-state index >= 15 is 0 Å². The lowest BCUT2D eigenvalue weighted by Crippen LogP contribution is -2.15. The zero-order valence-corrected chi connectivity index (χ0v) is 19.7. The number of nitriles is 1. The molecule has 3 aromatic heterocycles. The summed E-state index contributed by atoms with van der Waals surface area (Å²) < 4.78 is 1.95. The molecule has 0 spiro atoms. The van der Waals surface area contributed by atoms with Crippen LogP contribution in [0.3, 0.4) is 0 Å². The molecule has 174 valence electrons. The number of aromatic nitrogens is 3. The molecule has 0 bridgehead atoms. The second kappa shape index (κ2) is 8.71. The molecule has 1 aromatic carbocycles. The van der Waals surface area contributed by atoms with E-state index in [1.165, 1.54) is 18.4 Å². The summed E-state index contributed by atoms with van der Waals surface area (Å²) in [6.45, 7) is 0.488. The van der Waals surface area contributed by atoms with Gasteiger partial charge < -0.3 is 15.0 Å². The Hall–Kier alpha value is -3.89. The van der Waals surface area contributed by atoms with Gasteiger partial charge in [-0.3, -0.25) is 4.79 Å². The van der Waals surface area contributed by atoms with Gasteiger partial charge in [-0.05, 0) is 66.5 Å². The van der Waals surface area contributed by atoms with E-state index in [-0.39, 0.29) is 17.7 Å². The predicted molar refractivity (Wildman–Crippen MR) is 134 cm³/mol. The molecule has 2 atom stereocenters. The van der Waals surface area contributed by atoms with Gasteiger partial charge in [-0.1, -0.05) is 23.7 Å². The van der Waals surface area contributed by atoms with Crippen LogP contribution in [0.5, 0.6) is 0 Å². The van der Waals surface area contributed by atoms with Crippen molar-refractivity contribution < 1.29 is 4.79 Å². The van der Waals surface area contributed by atoms with Crippen LogP contribution in [-0.2, 0) is 11.3 Å². The van der Waals surface area contributed by atoms with Crippen molar-refractivity contribution >= 4 is 34.7 Å². The first kappa shape index (κ1) is 21.6. The number of benzene rings is 1. The van der Waals surface area contributed by atoms with Crippen molar-refractivity contribution in [3.8, 4) is 6.07 Å². The van der Waals surface area contributed by atoms with Gasteiger partial charge in [0, 0.05) is 41.3 Å². The van der Waals surface area contributed by atoms with Crippen LogP contribution < -0.4 is 10.6 Å². The van der Waals surface area contributed by atoms with E-state index in [4.69, 9.17) is 11.6 Å². The number of hydrogen-bond donors (Lipinski definition) is 2. The highest BCUT2D eigenvalue weighted by Gasteiger charge is 2.44. The molecule has 0 unspecified atom stereocenters. The zero-order valence-electron chi connectivity index (χ0n) is 18.9. The minimum atomic E-state index is -0.0697. The quantitative estimate of drug-likeness (QED) is 0.363. The third-order valence-electron chi connectivity index (χ3n) is 6.68. The molecule has 1 amide bonds. The standard InChI is InChI=1S/C27H23ClN6O/c28-20-3-1-2-17(9-20)23-11-24(23)27(35)33-25-10-21(6-7-30-25)31-13-22-15-34-14-19(16-4-5-16)8-18(12-29)26(34)32-22/h1-3,6-10,14-16,23-24H,4-5,11,13H2,(H2,30,31,33,35)/t23-,24+/m0/s1. The number of imidazole rings is 1. The van der Waals surface area contributed by atoms with Crippen molar-refractivity contribution in [3.05, 3.63) is 88.5 Å². The number of rotatable bonds is 7. The largest absolute Gasteiger partial charge is 0.379 e. The second-order valence-electron chi connectivity index (χ2n) is 9.31. The lowest BCUT2D eigenvalue weighted by molar-refractivity contribution is -0.117. The monoisotopic (exact) mass is 482 g/mol. The Morgan fingerprint density at radius 3 is 2.86 bits per heavy atom. The average Bonchev–Trinajstić information content (AvgIpc) is 3.78. The molecule has 2 N–H and O–H groups in total. The van der Waals surface area contributed by atoms with Gasteiger partial charge in [0.25, 0.3) is 0 Å². The molecule has 2 saturated carbocycles. The lowest BCUT2D eigenvalue weighted by atomic mass is 10.1. The Morgan fingerprint density at radius 1 is 1.17 bits per heavy atom. The van der Waals surface area contributed by atoms with Gasteiger partial charge in [0.2, 0.25) is 5.91 Å². The Labute approximate surface area is 207 Å². The van der Waals surface area contributed by atoms with Crippen LogP contribution in [0.15, 0.2) is 61.1 Å². The lowest BCUT2D eigenvalue weighted by Gasteiger charge is -2.08. The Kier molecular flexibility index (Phi) is 5.39. The number of nitrogens with zero attached hydrogens (tertiary/aromatic N) is 4. The first-order valence-electron chi connectivity index (χ1n) is 11.8. The van der Waals surface area contributed by atoms with Crippen LogP contribution in [0, 0.1) is 17.2 Å². The van der Waals surface area contributed by atoms with Crippen molar-refractivity contribution in [1.82, 2.24) is 14.4 Å². The molecule has 2 fully saturated rings. The molecule has 3 heterocycles. The summed E-state index contributed by atoms with van der Waals surface area (Å²) in [5.74, 6) is 1.17. The summed E-state index contributed by atoms with van der Waals surface area (Å²) in [5, 5.41) is 16.5. The minimum Gasteiger partial charge on any atom is -0.379 e. The fourth-order valence-corrected chi connectivity index (χ4v) is 4.79. The smallest absolute Gasteiger partial charge is 0.229 e. The number of hydrogen-bond acceptors (Lipinski definition) is 5. The number of pyridine rings is 2. The molecular formula is C27H23ClN6O. The van der Waals surface area contributed by atoms with E-state index < -0.39 is 0 Å². The highest BCUT2D eigenvalue weighted by atomic mass is 35.5. The number of carbonyl (C=O) groups excluding carboxylic acids is 1. The highest BCUT2D eigenvalue weighted by Crippen LogP contribution is 2.48. The Bertz CT molecular complexity index is 1480. The predicted octanol–water partition coefficient (Wildman–Crippen LogP) is 5.49. The Balaban J connectivity index is 1.10. The maximum Gasteiger partial charge on any atom is 0.229 e. The second-order valence-corrected chi connectivity index (χ2v) is 9.75. The third kappa shape index (κ3) is 4.58. The molecule has 6 rings (SSSR count). The van der Waals surface area contributed by atoms with Crippen LogP contribution >= 0.6 is 11.6 Å². The maximum absolute atomic E-state index is 12.7. The first-order chi connectivity index (χ1) is 17.1. The van der Waals surface area contributed by atoms with E-state index in [1.54, 1.807) is 6.20 Å². The highest BCUT2D eigenvalue weighted by molar-refractivity contribution is 6.30. The molecule has 4 aromatic rings. The number of fused-ring (bicyclic) bond motifs is 1. The number of amides is 1. The summed E-state index contributed by atoms with van der Waals surface area (Å²) in [4.78, 5) is 21.7. The van der Waals surface area contributed by atoms with Gasteiger partial charge in [0.15, 0.2) is 5.65 Å². The number of nitrogens with one attached hydrogen (secondary N) is 2. The van der Waals surface area contributed by atoms with Gasteiger partial charge in [0.05, 0.1) is 17.8 Å². The Morgan fingerprint density at radius 2 is 2.06 bits per heavy atom.